The van der Waals surface area contributed by atoms with E-state index in [1.165, 1.54) is 4.88 Å². The molecule has 19 heavy (non-hydrogen) atoms. The van der Waals surface area contributed by atoms with Gasteiger partial charge in [-0.05, 0) is 49.7 Å². The van der Waals surface area contributed by atoms with E-state index in [0.29, 0.717) is 0 Å². The Bertz CT molecular complexity index is 433. The van der Waals surface area contributed by atoms with E-state index in [1.807, 2.05) is 0 Å². The van der Waals surface area contributed by atoms with Gasteiger partial charge in [0.2, 0.25) is 0 Å². The minimum Gasteiger partial charge on any atom is -0.370 e. The fraction of sp³-hybridized carbons (Fsp3) is 0.714. The molecule has 0 amide bonds. The lowest BCUT2D eigenvalue weighted by Crippen LogP contribution is -2.55. The van der Waals surface area contributed by atoms with Crippen molar-refractivity contribution >= 4 is 27.3 Å². The summed E-state index contributed by atoms with van der Waals surface area (Å²) in [5.41, 5.74) is 6.14. The molecule has 0 aromatic carbocycles. The first-order valence-electron chi connectivity index (χ1n) is 6.70. The van der Waals surface area contributed by atoms with E-state index in [9.17, 15) is 0 Å². The minimum absolute atomic E-state index is 0.103. The summed E-state index contributed by atoms with van der Waals surface area (Å²) in [6.07, 6.45) is 0.244. The molecule has 2 rings (SSSR count). The number of hydrogen-bond donors (Lipinski definition) is 1. The van der Waals surface area contributed by atoms with Crippen LogP contribution >= 0.6 is 27.3 Å². The fourth-order valence-corrected chi connectivity index (χ4v) is 4.66. The zero-order valence-corrected chi connectivity index (χ0v) is 14.4. The molecule has 2 N–H and O–H groups in total. The molecule has 3 atom stereocenters. The van der Waals surface area contributed by atoms with Gasteiger partial charge < -0.3 is 10.5 Å². The largest absolute Gasteiger partial charge is 0.370 e. The lowest BCUT2D eigenvalue weighted by Gasteiger charge is -2.46. The van der Waals surface area contributed by atoms with Crippen molar-refractivity contribution in [2.75, 3.05) is 13.1 Å². The van der Waals surface area contributed by atoms with Crippen molar-refractivity contribution in [3.05, 3.63) is 20.8 Å². The molecular weight excluding hydrogens is 324 g/mol. The van der Waals surface area contributed by atoms with Gasteiger partial charge in [0.05, 0.1) is 17.7 Å². The van der Waals surface area contributed by atoms with Crippen LogP contribution in [-0.4, -0.2) is 35.7 Å². The molecule has 1 fully saturated rings. The molecule has 1 aliphatic rings. The highest BCUT2D eigenvalue weighted by molar-refractivity contribution is 9.10. The molecule has 3 nitrogen and oxygen atoms in total. The second kappa shape index (κ2) is 5.82. The third kappa shape index (κ3) is 3.79. The Kier molecular flexibility index (Phi) is 4.73. The highest BCUT2D eigenvalue weighted by Crippen LogP contribution is 2.34. The second-order valence-corrected chi connectivity index (χ2v) is 7.95. The van der Waals surface area contributed by atoms with Crippen LogP contribution in [-0.2, 0) is 4.74 Å². The smallest absolute Gasteiger partial charge is 0.0757 e. The topological polar surface area (TPSA) is 38.5 Å². The standard InChI is InChI=1S/C14H23BrN2OS/c1-9-6-17(8-14(3,4)18-9)13(10(2)16)12-5-11(15)7-19-12/h5,7,9-10,13H,6,8,16H2,1-4H3. The summed E-state index contributed by atoms with van der Waals surface area (Å²) >= 11 is 5.31. The molecule has 108 valence electrons. The Hall–Kier alpha value is 0.0600. The average Bonchev–Trinajstić information content (AvgIpc) is 2.60. The summed E-state index contributed by atoms with van der Waals surface area (Å²) in [6, 6.07) is 2.56. The zero-order chi connectivity index (χ0) is 14.2. The summed E-state index contributed by atoms with van der Waals surface area (Å²) < 4.78 is 7.12. The van der Waals surface area contributed by atoms with E-state index in [-0.39, 0.29) is 23.8 Å². The van der Waals surface area contributed by atoms with Crippen LogP contribution in [0.2, 0.25) is 0 Å². The van der Waals surface area contributed by atoms with Crippen LogP contribution in [0.5, 0.6) is 0 Å². The minimum atomic E-state index is -0.112. The average molecular weight is 347 g/mol. The van der Waals surface area contributed by atoms with Crippen LogP contribution in [0.1, 0.15) is 38.6 Å². The van der Waals surface area contributed by atoms with E-state index in [0.717, 1.165) is 17.6 Å². The van der Waals surface area contributed by atoms with Crippen molar-refractivity contribution in [1.29, 1.82) is 0 Å². The van der Waals surface area contributed by atoms with Crippen molar-refractivity contribution in [2.45, 2.75) is 51.5 Å². The lowest BCUT2D eigenvalue weighted by atomic mass is 10.00. The monoisotopic (exact) mass is 346 g/mol. The van der Waals surface area contributed by atoms with Gasteiger partial charge in [-0.3, -0.25) is 4.90 Å². The molecule has 0 radical (unpaired) electrons. The van der Waals surface area contributed by atoms with Crippen LogP contribution in [0.4, 0.5) is 0 Å². The van der Waals surface area contributed by atoms with Gasteiger partial charge in [-0.25, -0.2) is 0 Å². The predicted octanol–water partition coefficient (Wildman–Crippen LogP) is 3.40. The number of rotatable bonds is 3. The van der Waals surface area contributed by atoms with E-state index >= 15 is 0 Å². The molecule has 5 heteroatoms. The first-order valence-corrected chi connectivity index (χ1v) is 8.37. The maximum absolute atomic E-state index is 6.25. The molecule has 1 aliphatic heterocycles. The highest BCUT2D eigenvalue weighted by atomic mass is 79.9. The number of hydrogen-bond acceptors (Lipinski definition) is 4. The maximum atomic E-state index is 6.25. The molecule has 1 aromatic rings. The summed E-state index contributed by atoms with van der Waals surface area (Å²) in [5.74, 6) is 0. The number of thiophene rings is 1. The molecule has 1 aromatic heterocycles. The Balaban J connectivity index is 2.24. The van der Waals surface area contributed by atoms with Crippen molar-refractivity contribution in [1.82, 2.24) is 4.90 Å². The van der Waals surface area contributed by atoms with Gasteiger partial charge >= 0.3 is 0 Å². The molecule has 2 heterocycles. The fourth-order valence-electron chi connectivity index (χ4n) is 2.97. The number of halogens is 1. The van der Waals surface area contributed by atoms with Crippen molar-refractivity contribution in [3.8, 4) is 0 Å². The van der Waals surface area contributed by atoms with Gasteiger partial charge in [-0.2, -0.15) is 0 Å². The van der Waals surface area contributed by atoms with E-state index in [4.69, 9.17) is 10.5 Å². The van der Waals surface area contributed by atoms with E-state index in [2.05, 4.69) is 60.0 Å². The second-order valence-electron chi connectivity index (χ2n) is 6.09. The number of nitrogens with two attached hydrogens (primary N) is 1. The molecule has 0 spiro atoms. The van der Waals surface area contributed by atoms with Crippen molar-refractivity contribution in [2.24, 2.45) is 5.73 Å². The molecule has 1 saturated heterocycles. The van der Waals surface area contributed by atoms with Crippen LogP contribution < -0.4 is 5.73 Å². The van der Waals surface area contributed by atoms with Crippen LogP contribution in [0.15, 0.2) is 15.9 Å². The molecular formula is C14H23BrN2OS. The zero-order valence-electron chi connectivity index (χ0n) is 12.0. The SMILES string of the molecule is CC1CN(C(c2cc(Br)cs2)C(C)N)CC(C)(C)O1. The van der Waals surface area contributed by atoms with Crippen LogP contribution in [0.3, 0.4) is 0 Å². The molecule has 3 unspecified atom stereocenters. The molecule has 0 bridgehead atoms. The van der Waals surface area contributed by atoms with Crippen molar-refractivity contribution < 1.29 is 4.74 Å². The summed E-state index contributed by atoms with van der Waals surface area (Å²) in [6.45, 7) is 10.4. The lowest BCUT2D eigenvalue weighted by molar-refractivity contribution is -0.139. The summed E-state index contributed by atoms with van der Waals surface area (Å²) in [5, 5.41) is 2.12. The first kappa shape index (κ1) is 15.4. The van der Waals surface area contributed by atoms with E-state index in [1.54, 1.807) is 11.3 Å². The Labute approximate surface area is 128 Å². The molecule has 0 aliphatic carbocycles. The van der Waals surface area contributed by atoms with E-state index < -0.39 is 0 Å². The van der Waals surface area contributed by atoms with Gasteiger partial charge in [0.15, 0.2) is 0 Å². The third-order valence-electron chi connectivity index (χ3n) is 3.37. The third-order valence-corrected chi connectivity index (χ3v) is 5.13. The first-order chi connectivity index (χ1) is 8.78. The molecule has 0 saturated carbocycles. The number of nitrogens with zero attached hydrogens (tertiary/aromatic N) is 1. The Morgan fingerprint density at radius 2 is 2.26 bits per heavy atom. The highest BCUT2D eigenvalue weighted by Gasteiger charge is 2.36. The predicted molar refractivity (Wildman–Crippen MR) is 84.6 cm³/mol. The Morgan fingerprint density at radius 1 is 1.58 bits per heavy atom. The number of ether oxygens (including phenoxy) is 1. The van der Waals surface area contributed by atoms with Crippen molar-refractivity contribution in [3.63, 3.8) is 0 Å². The van der Waals surface area contributed by atoms with Crippen LogP contribution in [0, 0.1) is 0 Å². The Morgan fingerprint density at radius 3 is 2.74 bits per heavy atom. The van der Waals surface area contributed by atoms with Gasteiger partial charge in [-0.15, -0.1) is 11.3 Å². The summed E-state index contributed by atoms with van der Waals surface area (Å²) in [4.78, 5) is 3.80. The quantitative estimate of drug-likeness (QED) is 0.911. The number of morpholine rings is 1. The summed E-state index contributed by atoms with van der Waals surface area (Å²) in [7, 11) is 0. The van der Waals surface area contributed by atoms with Gasteiger partial charge in [-0.1, -0.05) is 0 Å². The van der Waals surface area contributed by atoms with Crippen LogP contribution in [0.25, 0.3) is 0 Å². The van der Waals surface area contributed by atoms with Gasteiger partial charge in [0.1, 0.15) is 0 Å². The normalized spacial score (nSPS) is 27.2. The van der Waals surface area contributed by atoms with Gasteiger partial charge in [0.25, 0.3) is 0 Å². The van der Waals surface area contributed by atoms with Gasteiger partial charge in [0, 0.05) is 33.9 Å². The maximum Gasteiger partial charge on any atom is 0.0757 e.